The minimum absolute atomic E-state index is 0.0613. The van der Waals surface area contributed by atoms with Crippen LogP contribution >= 0.6 is 11.6 Å². The summed E-state index contributed by atoms with van der Waals surface area (Å²) in [5, 5.41) is 3.63. The molecule has 1 amide bonds. The van der Waals surface area contributed by atoms with Crippen molar-refractivity contribution >= 4 is 33.0 Å². The molecular weight excluding hydrogens is 362 g/mol. The summed E-state index contributed by atoms with van der Waals surface area (Å²) in [5.74, 6) is 0.141. The Morgan fingerprint density at radius 1 is 1.24 bits per heavy atom. The quantitative estimate of drug-likeness (QED) is 0.842. The smallest absolute Gasteiger partial charge is 0.237 e. The molecule has 0 spiro atoms. The van der Waals surface area contributed by atoms with Crippen LogP contribution in [-0.4, -0.2) is 69.0 Å². The number of anilines is 1. The van der Waals surface area contributed by atoms with Gasteiger partial charge < -0.3 is 10.2 Å². The first-order chi connectivity index (χ1) is 11.9. The zero-order chi connectivity index (χ0) is 18.0. The second-order valence-corrected chi connectivity index (χ2v) is 9.39. The summed E-state index contributed by atoms with van der Waals surface area (Å²) >= 11 is 6.26. The first-order valence-electron chi connectivity index (χ1n) is 8.60. The number of nitrogens with one attached hydrogen (secondary N) is 1. The Labute approximate surface area is 154 Å². The molecule has 2 aliphatic heterocycles. The average molecular weight is 386 g/mol. The Bertz CT molecular complexity index is 732. The van der Waals surface area contributed by atoms with Crippen molar-refractivity contribution in [3.05, 3.63) is 29.3 Å². The van der Waals surface area contributed by atoms with Crippen LogP contribution < -0.4 is 10.2 Å². The highest BCUT2D eigenvalue weighted by molar-refractivity contribution is 7.91. The Morgan fingerprint density at radius 3 is 2.52 bits per heavy atom. The van der Waals surface area contributed by atoms with Crippen LogP contribution in [-0.2, 0) is 14.6 Å². The van der Waals surface area contributed by atoms with E-state index in [4.69, 9.17) is 11.6 Å². The van der Waals surface area contributed by atoms with Crippen molar-refractivity contribution < 1.29 is 13.2 Å². The average Bonchev–Trinajstić information content (AvgIpc) is 2.93. The molecule has 8 heteroatoms. The van der Waals surface area contributed by atoms with Gasteiger partial charge in [0.25, 0.3) is 0 Å². The monoisotopic (exact) mass is 385 g/mol. The zero-order valence-corrected chi connectivity index (χ0v) is 15.9. The van der Waals surface area contributed by atoms with Gasteiger partial charge in [-0.15, -0.1) is 0 Å². The van der Waals surface area contributed by atoms with Gasteiger partial charge in [-0.1, -0.05) is 23.7 Å². The van der Waals surface area contributed by atoms with E-state index in [2.05, 4.69) is 15.1 Å². The number of hydrogen-bond acceptors (Lipinski definition) is 5. The minimum Gasteiger partial charge on any atom is -0.368 e. The van der Waals surface area contributed by atoms with Gasteiger partial charge in [-0.2, -0.15) is 0 Å². The molecule has 2 fully saturated rings. The second kappa shape index (κ2) is 7.51. The first-order valence-corrected chi connectivity index (χ1v) is 10.8. The van der Waals surface area contributed by atoms with Crippen LogP contribution in [0.3, 0.4) is 0 Å². The number of sulfone groups is 1. The normalized spacial score (nSPS) is 24.9. The SMILES string of the molecule is C[C@H](C(=O)N[C@@H]1CCS(=O)(=O)C1)N1CCN(c2ccccc2Cl)CC1. The lowest BCUT2D eigenvalue weighted by atomic mass is 10.1. The van der Waals surface area contributed by atoms with Crippen LogP contribution in [0.4, 0.5) is 5.69 Å². The minimum atomic E-state index is -2.98. The second-order valence-electron chi connectivity index (χ2n) is 6.76. The molecule has 2 atom stereocenters. The molecular formula is C17H24ClN3O3S. The third-order valence-corrected chi connectivity index (χ3v) is 7.10. The fourth-order valence-electron chi connectivity index (χ4n) is 3.45. The molecule has 2 saturated heterocycles. The van der Waals surface area contributed by atoms with E-state index >= 15 is 0 Å². The van der Waals surface area contributed by atoms with E-state index < -0.39 is 9.84 Å². The number of hydrogen-bond donors (Lipinski definition) is 1. The van der Waals surface area contributed by atoms with Crippen LogP contribution in [0.25, 0.3) is 0 Å². The van der Waals surface area contributed by atoms with Crippen LogP contribution in [0.5, 0.6) is 0 Å². The molecule has 1 aromatic carbocycles. The van der Waals surface area contributed by atoms with Crippen molar-refractivity contribution in [2.75, 3.05) is 42.6 Å². The maximum Gasteiger partial charge on any atom is 0.237 e. The standard InChI is InChI=1S/C17H24ClN3O3S/c1-13(17(22)19-14-6-11-25(23,24)12-14)20-7-9-21(10-8-20)16-5-3-2-4-15(16)18/h2-5,13-14H,6-12H2,1H3,(H,19,22)/t13-,14-/m1/s1. The van der Waals surface area contributed by atoms with Crippen LogP contribution in [0.15, 0.2) is 24.3 Å². The lowest BCUT2D eigenvalue weighted by Crippen LogP contribution is -2.55. The molecule has 2 heterocycles. The molecule has 0 radical (unpaired) electrons. The number of piperazine rings is 1. The Hall–Kier alpha value is -1.31. The maximum atomic E-state index is 12.4. The predicted octanol–water partition coefficient (Wildman–Crippen LogP) is 1.15. The highest BCUT2D eigenvalue weighted by Crippen LogP contribution is 2.26. The lowest BCUT2D eigenvalue weighted by molar-refractivity contribution is -0.126. The molecule has 1 N–H and O–H groups in total. The number of carbonyl (C=O) groups is 1. The van der Waals surface area contributed by atoms with E-state index in [0.29, 0.717) is 6.42 Å². The Kier molecular flexibility index (Phi) is 5.55. The summed E-state index contributed by atoms with van der Waals surface area (Å²) in [6.07, 6.45) is 0.515. The van der Waals surface area contributed by atoms with Crippen molar-refractivity contribution in [2.45, 2.75) is 25.4 Å². The van der Waals surface area contributed by atoms with E-state index in [1.54, 1.807) is 0 Å². The molecule has 0 aromatic heterocycles. The van der Waals surface area contributed by atoms with Crippen LogP contribution in [0.1, 0.15) is 13.3 Å². The van der Waals surface area contributed by atoms with Gasteiger partial charge in [-0.25, -0.2) is 8.42 Å². The van der Waals surface area contributed by atoms with Crippen LogP contribution in [0, 0.1) is 0 Å². The fraction of sp³-hybridized carbons (Fsp3) is 0.588. The topological polar surface area (TPSA) is 69.7 Å². The summed E-state index contributed by atoms with van der Waals surface area (Å²) in [5.41, 5.74) is 1.03. The van der Waals surface area contributed by atoms with E-state index in [1.807, 2.05) is 31.2 Å². The molecule has 6 nitrogen and oxygen atoms in total. The van der Waals surface area contributed by atoms with Gasteiger partial charge in [-0.3, -0.25) is 9.69 Å². The van der Waals surface area contributed by atoms with E-state index in [0.717, 1.165) is 36.9 Å². The van der Waals surface area contributed by atoms with Gasteiger partial charge in [0.2, 0.25) is 5.91 Å². The van der Waals surface area contributed by atoms with Crippen molar-refractivity contribution in [1.82, 2.24) is 10.2 Å². The highest BCUT2D eigenvalue weighted by Gasteiger charge is 2.32. The molecule has 1 aromatic rings. The van der Waals surface area contributed by atoms with E-state index in [9.17, 15) is 13.2 Å². The zero-order valence-electron chi connectivity index (χ0n) is 14.3. The molecule has 138 valence electrons. The highest BCUT2D eigenvalue weighted by atomic mass is 35.5. The lowest BCUT2D eigenvalue weighted by Gasteiger charge is -2.39. The molecule has 0 bridgehead atoms. The molecule has 0 aliphatic carbocycles. The van der Waals surface area contributed by atoms with Crippen molar-refractivity contribution in [3.63, 3.8) is 0 Å². The van der Waals surface area contributed by atoms with Crippen LogP contribution in [0.2, 0.25) is 5.02 Å². The van der Waals surface area contributed by atoms with E-state index in [-0.39, 0.29) is 29.5 Å². The van der Waals surface area contributed by atoms with Gasteiger partial charge in [0.1, 0.15) is 0 Å². The number of benzene rings is 1. The third kappa shape index (κ3) is 4.46. The summed E-state index contributed by atoms with van der Waals surface area (Å²) in [7, 11) is -2.98. The number of halogens is 1. The van der Waals surface area contributed by atoms with Gasteiger partial charge in [0.05, 0.1) is 28.3 Å². The number of carbonyl (C=O) groups excluding carboxylic acids is 1. The molecule has 0 unspecified atom stereocenters. The predicted molar refractivity (Wildman–Crippen MR) is 99.9 cm³/mol. The summed E-state index contributed by atoms with van der Waals surface area (Å²) < 4.78 is 23.0. The molecule has 25 heavy (non-hydrogen) atoms. The van der Waals surface area contributed by atoms with Gasteiger partial charge in [0, 0.05) is 32.2 Å². The maximum absolute atomic E-state index is 12.4. The van der Waals surface area contributed by atoms with Gasteiger partial charge in [0.15, 0.2) is 9.84 Å². The molecule has 2 aliphatic rings. The van der Waals surface area contributed by atoms with Crippen molar-refractivity contribution in [2.24, 2.45) is 0 Å². The first kappa shape index (κ1) is 18.5. The number of rotatable bonds is 4. The summed E-state index contributed by atoms with van der Waals surface area (Å²) in [4.78, 5) is 16.8. The Balaban J connectivity index is 1.52. The molecule has 0 saturated carbocycles. The summed E-state index contributed by atoms with van der Waals surface area (Å²) in [6, 6.07) is 7.27. The fourth-order valence-corrected chi connectivity index (χ4v) is 5.38. The number of amides is 1. The van der Waals surface area contributed by atoms with Gasteiger partial charge >= 0.3 is 0 Å². The summed E-state index contributed by atoms with van der Waals surface area (Å²) in [6.45, 7) is 5.02. The number of nitrogens with zero attached hydrogens (tertiary/aromatic N) is 2. The third-order valence-electron chi connectivity index (χ3n) is 5.01. The Morgan fingerprint density at radius 2 is 1.92 bits per heavy atom. The molecule has 3 rings (SSSR count). The largest absolute Gasteiger partial charge is 0.368 e. The van der Waals surface area contributed by atoms with Crippen molar-refractivity contribution in [1.29, 1.82) is 0 Å². The van der Waals surface area contributed by atoms with E-state index in [1.165, 1.54) is 0 Å². The number of para-hydroxylation sites is 1. The van der Waals surface area contributed by atoms with Crippen molar-refractivity contribution in [3.8, 4) is 0 Å². The van der Waals surface area contributed by atoms with Gasteiger partial charge in [-0.05, 0) is 25.5 Å².